The van der Waals surface area contributed by atoms with Crippen molar-refractivity contribution in [1.82, 2.24) is 4.72 Å². The van der Waals surface area contributed by atoms with E-state index in [0.29, 0.717) is 11.3 Å². The first-order chi connectivity index (χ1) is 10.7. The number of aryl methyl sites for hydroxylation is 2. The number of carbonyl (C=O) groups is 1. The van der Waals surface area contributed by atoms with E-state index >= 15 is 0 Å². The second-order valence-corrected chi connectivity index (χ2v) is 6.81. The Morgan fingerprint density at radius 1 is 1.30 bits per heavy atom. The number of nitrogens with one attached hydrogen (secondary N) is 1. The summed E-state index contributed by atoms with van der Waals surface area (Å²) in [4.78, 5) is 11.3. The molecule has 0 spiro atoms. The number of carboxylic acids is 1. The van der Waals surface area contributed by atoms with Crippen LogP contribution in [0.1, 0.15) is 23.0 Å². The highest BCUT2D eigenvalue weighted by Crippen LogP contribution is 2.21. The average molecular weight is 341 g/mol. The predicted molar refractivity (Wildman–Crippen MR) is 80.1 cm³/mol. The number of benzene rings is 1. The first kappa shape index (κ1) is 17.2. The Bertz CT molecular complexity index is 811. The minimum Gasteiger partial charge on any atom is -0.481 e. The molecule has 1 heterocycles. The zero-order chi connectivity index (χ0) is 17.2. The summed E-state index contributed by atoms with van der Waals surface area (Å²) in [6.07, 6.45) is 0. The Labute approximate surface area is 133 Å². The summed E-state index contributed by atoms with van der Waals surface area (Å²) in [7, 11) is -3.90. The van der Waals surface area contributed by atoms with Crippen molar-refractivity contribution in [2.45, 2.75) is 24.7 Å². The summed E-state index contributed by atoms with van der Waals surface area (Å²) in [5.74, 6) is -2.17. The van der Waals surface area contributed by atoms with Crippen LogP contribution in [0.3, 0.4) is 0 Å². The molecule has 2 rings (SSSR count). The summed E-state index contributed by atoms with van der Waals surface area (Å²) in [6.45, 7) is 2.77. The molecule has 8 heteroatoms. The standard InChI is InChI=1S/C15H16FNO5S/c1-9-7-14(10(2)22-9)23(20,21)17-8-13(15(18)19)11-3-5-12(16)6-4-11/h3-7,13,17H,8H2,1-2H3,(H,18,19). The number of furan rings is 1. The lowest BCUT2D eigenvalue weighted by atomic mass is 10.00. The SMILES string of the molecule is Cc1cc(S(=O)(=O)NCC(C(=O)O)c2ccc(F)cc2)c(C)o1. The molecule has 2 aromatic rings. The first-order valence-corrected chi connectivity index (χ1v) is 8.24. The maximum Gasteiger partial charge on any atom is 0.312 e. The van der Waals surface area contributed by atoms with Crippen LogP contribution in [0.5, 0.6) is 0 Å². The van der Waals surface area contributed by atoms with E-state index in [2.05, 4.69) is 4.72 Å². The zero-order valence-electron chi connectivity index (χ0n) is 12.5. The molecule has 0 fully saturated rings. The topological polar surface area (TPSA) is 96.6 Å². The molecule has 23 heavy (non-hydrogen) atoms. The van der Waals surface area contributed by atoms with Crippen LogP contribution in [0.4, 0.5) is 4.39 Å². The zero-order valence-corrected chi connectivity index (χ0v) is 13.4. The summed E-state index contributed by atoms with van der Waals surface area (Å²) in [6, 6.07) is 6.25. The van der Waals surface area contributed by atoms with Gasteiger partial charge in [0.25, 0.3) is 0 Å². The molecule has 0 saturated carbocycles. The van der Waals surface area contributed by atoms with E-state index < -0.39 is 27.7 Å². The Morgan fingerprint density at radius 3 is 2.39 bits per heavy atom. The van der Waals surface area contributed by atoms with Crippen LogP contribution in [-0.2, 0) is 14.8 Å². The van der Waals surface area contributed by atoms with E-state index in [-0.39, 0.29) is 17.2 Å². The van der Waals surface area contributed by atoms with Gasteiger partial charge < -0.3 is 9.52 Å². The van der Waals surface area contributed by atoms with E-state index in [1.54, 1.807) is 6.92 Å². The van der Waals surface area contributed by atoms with Crippen LogP contribution in [0.15, 0.2) is 39.6 Å². The van der Waals surface area contributed by atoms with Crippen LogP contribution in [0.2, 0.25) is 0 Å². The van der Waals surface area contributed by atoms with Crippen molar-refractivity contribution < 1.29 is 27.1 Å². The van der Waals surface area contributed by atoms with E-state index in [1.807, 2.05) is 0 Å². The number of halogens is 1. The van der Waals surface area contributed by atoms with Crippen molar-refractivity contribution in [1.29, 1.82) is 0 Å². The average Bonchev–Trinajstić information content (AvgIpc) is 2.80. The van der Waals surface area contributed by atoms with Gasteiger partial charge in [-0.15, -0.1) is 0 Å². The Kier molecular flexibility index (Phi) is 4.86. The van der Waals surface area contributed by atoms with E-state index in [1.165, 1.54) is 25.1 Å². The highest BCUT2D eigenvalue weighted by atomic mass is 32.2. The second kappa shape index (κ2) is 6.51. The fourth-order valence-electron chi connectivity index (χ4n) is 2.19. The molecule has 1 aromatic carbocycles. The van der Waals surface area contributed by atoms with Gasteiger partial charge in [-0.25, -0.2) is 17.5 Å². The monoisotopic (exact) mass is 341 g/mol. The highest BCUT2D eigenvalue weighted by molar-refractivity contribution is 7.89. The van der Waals surface area contributed by atoms with Gasteiger partial charge in [0.1, 0.15) is 22.2 Å². The molecule has 124 valence electrons. The molecule has 0 aliphatic heterocycles. The highest BCUT2D eigenvalue weighted by Gasteiger charge is 2.25. The molecular weight excluding hydrogens is 325 g/mol. The van der Waals surface area contributed by atoms with Gasteiger partial charge in [-0.3, -0.25) is 4.79 Å². The third kappa shape index (κ3) is 3.96. The summed E-state index contributed by atoms with van der Waals surface area (Å²) < 4.78 is 44.9. The lowest BCUT2D eigenvalue weighted by Crippen LogP contribution is -2.31. The molecule has 1 aromatic heterocycles. The van der Waals surface area contributed by atoms with Crippen molar-refractivity contribution in [3.05, 3.63) is 53.2 Å². The molecule has 6 nitrogen and oxygen atoms in total. The molecule has 0 bridgehead atoms. The van der Waals surface area contributed by atoms with Crippen molar-refractivity contribution in [3.63, 3.8) is 0 Å². The van der Waals surface area contributed by atoms with Crippen LogP contribution in [0, 0.1) is 19.7 Å². The molecule has 0 amide bonds. The van der Waals surface area contributed by atoms with Crippen LogP contribution >= 0.6 is 0 Å². The normalized spacial score (nSPS) is 13.0. The molecular formula is C15H16FNO5S. The van der Waals surface area contributed by atoms with Gasteiger partial charge in [-0.2, -0.15) is 0 Å². The number of rotatable bonds is 6. The van der Waals surface area contributed by atoms with Gasteiger partial charge in [0.15, 0.2) is 0 Å². The Morgan fingerprint density at radius 2 is 1.91 bits per heavy atom. The molecule has 1 unspecified atom stereocenters. The van der Waals surface area contributed by atoms with Crippen LogP contribution in [-0.4, -0.2) is 26.0 Å². The van der Waals surface area contributed by atoms with Gasteiger partial charge in [-0.05, 0) is 37.6 Å². The molecule has 2 N–H and O–H groups in total. The minimum absolute atomic E-state index is 0.0294. The van der Waals surface area contributed by atoms with Crippen molar-refractivity contribution in [2.75, 3.05) is 6.54 Å². The predicted octanol–water partition coefficient (Wildman–Crippen LogP) is 2.18. The number of aliphatic carboxylic acids is 1. The molecule has 0 aliphatic carbocycles. The van der Waals surface area contributed by atoms with Gasteiger partial charge in [0.05, 0.1) is 5.92 Å². The fraction of sp³-hybridized carbons (Fsp3) is 0.267. The van der Waals surface area contributed by atoms with Gasteiger partial charge >= 0.3 is 5.97 Å². The fourth-order valence-corrected chi connectivity index (χ4v) is 3.47. The lowest BCUT2D eigenvalue weighted by Gasteiger charge is -2.14. The maximum atomic E-state index is 12.9. The van der Waals surface area contributed by atoms with Gasteiger partial charge in [0.2, 0.25) is 10.0 Å². The summed E-state index contributed by atoms with van der Waals surface area (Å²) in [5, 5.41) is 9.28. The quantitative estimate of drug-likeness (QED) is 0.839. The van der Waals surface area contributed by atoms with Gasteiger partial charge in [-0.1, -0.05) is 12.1 Å². The third-order valence-corrected chi connectivity index (χ3v) is 4.86. The third-order valence-electron chi connectivity index (χ3n) is 3.33. The lowest BCUT2D eigenvalue weighted by molar-refractivity contribution is -0.138. The molecule has 0 aliphatic rings. The molecule has 1 atom stereocenters. The van der Waals surface area contributed by atoms with Crippen LogP contribution < -0.4 is 4.72 Å². The number of hydrogen-bond acceptors (Lipinski definition) is 4. The number of carboxylic acid groups (broad SMARTS) is 1. The Balaban J connectivity index is 2.20. The number of sulfonamides is 1. The van der Waals surface area contributed by atoms with E-state index in [4.69, 9.17) is 4.42 Å². The van der Waals surface area contributed by atoms with Crippen molar-refractivity contribution in [2.24, 2.45) is 0 Å². The van der Waals surface area contributed by atoms with Gasteiger partial charge in [0, 0.05) is 6.54 Å². The molecule has 0 saturated heterocycles. The van der Waals surface area contributed by atoms with E-state index in [0.717, 1.165) is 12.1 Å². The summed E-state index contributed by atoms with van der Waals surface area (Å²) in [5.41, 5.74) is 0.307. The number of hydrogen-bond donors (Lipinski definition) is 2. The summed E-state index contributed by atoms with van der Waals surface area (Å²) >= 11 is 0. The molecule has 0 radical (unpaired) electrons. The minimum atomic E-state index is -3.90. The second-order valence-electron chi connectivity index (χ2n) is 5.07. The van der Waals surface area contributed by atoms with E-state index in [9.17, 15) is 22.7 Å². The largest absolute Gasteiger partial charge is 0.481 e. The first-order valence-electron chi connectivity index (χ1n) is 6.75. The maximum absolute atomic E-state index is 12.9. The van der Waals surface area contributed by atoms with Crippen molar-refractivity contribution in [3.8, 4) is 0 Å². The van der Waals surface area contributed by atoms with Crippen molar-refractivity contribution >= 4 is 16.0 Å². The smallest absolute Gasteiger partial charge is 0.312 e. The Hall–Kier alpha value is -2.19. The van der Waals surface area contributed by atoms with Crippen LogP contribution in [0.25, 0.3) is 0 Å².